The van der Waals surface area contributed by atoms with Crippen LogP contribution in [0.15, 0.2) is 39.5 Å². The number of fused-ring (bicyclic) bond motifs is 2. The average Bonchev–Trinajstić information content (AvgIpc) is 3.42. The van der Waals surface area contributed by atoms with Crippen LogP contribution in [-0.4, -0.2) is 30.3 Å². The lowest BCUT2D eigenvalue weighted by Crippen LogP contribution is -2.29. The van der Waals surface area contributed by atoms with E-state index in [-0.39, 0.29) is 16.8 Å². The van der Waals surface area contributed by atoms with Crippen molar-refractivity contribution in [3.8, 4) is 11.5 Å². The molecule has 8 nitrogen and oxygen atoms in total. The van der Waals surface area contributed by atoms with Crippen LogP contribution < -0.4 is 19.8 Å². The number of methoxy groups -OCH3 is 2. The van der Waals surface area contributed by atoms with Crippen LogP contribution >= 0.6 is 22.9 Å². The van der Waals surface area contributed by atoms with Crippen LogP contribution in [0, 0.1) is 6.92 Å². The van der Waals surface area contributed by atoms with Crippen molar-refractivity contribution in [1.29, 1.82) is 0 Å². The summed E-state index contributed by atoms with van der Waals surface area (Å²) in [5, 5.41) is 10.3. The first-order chi connectivity index (χ1) is 16.4. The van der Waals surface area contributed by atoms with E-state index in [1.807, 2.05) is 6.92 Å². The topological polar surface area (TPSA) is 94.8 Å². The molecule has 10 heteroatoms. The molecule has 0 N–H and O–H groups in total. The van der Waals surface area contributed by atoms with E-state index in [9.17, 15) is 9.59 Å². The molecule has 1 amide bonds. The molecule has 1 aliphatic rings. The Kier molecular flexibility index (Phi) is 5.53. The second-order valence-electron chi connectivity index (χ2n) is 7.76. The summed E-state index contributed by atoms with van der Waals surface area (Å²) < 4.78 is 17.2. The SMILES string of the molecule is CCc1nnc(N2C(=O)c3oc4cc(C)c(Cl)cc4c(=O)c3C2c2cccc(OC)c2OC)s1. The van der Waals surface area contributed by atoms with Crippen LogP contribution in [0.2, 0.25) is 5.02 Å². The Labute approximate surface area is 203 Å². The van der Waals surface area contributed by atoms with Crippen molar-refractivity contribution in [1.82, 2.24) is 10.2 Å². The molecule has 0 bridgehead atoms. The number of carbonyl (C=O) groups excluding carboxylic acids is 1. The van der Waals surface area contributed by atoms with Gasteiger partial charge in [-0.3, -0.25) is 14.5 Å². The molecular formula is C24H20ClN3O5S. The Morgan fingerprint density at radius 3 is 2.65 bits per heavy atom. The van der Waals surface area contributed by atoms with E-state index in [4.69, 9.17) is 25.5 Å². The van der Waals surface area contributed by atoms with Crippen molar-refractivity contribution in [3.63, 3.8) is 0 Å². The maximum absolute atomic E-state index is 13.8. The Balaban J connectivity index is 1.85. The van der Waals surface area contributed by atoms with Crippen LogP contribution in [0.1, 0.15) is 45.2 Å². The molecule has 0 saturated heterocycles. The minimum Gasteiger partial charge on any atom is -0.493 e. The van der Waals surface area contributed by atoms with Crippen molar-refractivity contribution in [2.24, 2.45) is 0 Å². The van der Waals surface area contributed by atoms with Crippen LogP contribution in [0.4, 0.5) is 5.13 Å². The summed E-state index contributed by atoms with van der Waals surface area (Å²) >= 11 is 7.60. The van der Waals surface area contributed by atoms with E-state index in [2.05, 4.69) is 10.2 Å². The number of hydrogen-bond acceptors (Lipinski definition) is 8. The number of nitrogens with zero attached hydrogens (tertiary/aromatic N) is 3. The van der Waals surface area contributed by atoms with Gasteiger partial charge in [0.15, 0.2) is 16.9 Å². The van der Waals surface area contributed by atoms with Gasteiger partial charge in [0.2, 0.25) is 10.9 Å². The van der Waals surface area contributed by atoms with Gasteiger partial charge in [-0.25, -0.2) is 0 Å². The lowest BCUT2D eigenvalue weighted by molar-refractivity contribution is 0.0970. The average molecular weight is 498 g/mol. The number of para-hydroxylation sites is 1. The van der Waals surface area contributed by atoms with Crippen molar-refractivity contribution >= 4 is 44.9 Å². The van der Waals surface area contributed by atoms with Gasteiger partial charge < -0.3 is 13.9 Å². The second kappa shape index (κ2) is 8.41. The summed E-state index contributed by atoms with van der Waals surface area (Å²) in [5.41, 5.74) is 1.44. The highest BCUT2D eigenvalue weighted by molar-refractivity contribution is 7.15. The van der Waals surface area contributed by atoms with E-state index in [0.29, 0.717) is 44.6 Å². The Hall–Kier alpha value is -3.43. The molecule has 0 spiro atoms. The highest BCUT2D eigenvalue weighted by Gasteiger charge is 2.46. The molecule has 34 heavy (non-hydrogen) atoms. The smallest absolute Gasteiger partial charge is 0.297 e. The zero-order valence-corrected chi connectivity index (χ0v) is 20.4. The molecule has 0 aliphatic carbocycles. The lowest BCUT2D eigenvalue weighted by Gasteiger charge is -2.24. The minimum atomic E-state index is -0.856. The van der Waals surface area contributed by atoms with Crippen LogP contribution in [0.3, 0.4) is 0 Å². The Bertz CT molecular complexity index is 1510. The third-order valence-corrected chi connectivity index (χ3v) is 7.32. The molecule has 4 aromatic rings. The van der Waals surface area contributed by atoms with Gasteiger partial charge in [-0.15, -0.1) is 10.2 Å². The first-order valence-electron chi connectivity index (χ1n) is 10.5. The molecule has 2 aromatic heterocycles. The van der Waals surface area contributed by atoms with Gasteiger partial charge in [-0.1, -0.05) is 42.0 Å². The number of amides is 1. The number of anilines is 1. The van der Waals surface area contributed by atoms with Gasteiger partial charge in [-0.2, -0.15) is 0 Å². The summed E-state index contributed by atoms with van der Waals surface area (Å²) in [4.78, 5) is 29.0. The van der Waals surface area contributed by atoms with Crippen LogP contribution in [0.5, 0.6) is 11.5 Å². The highest BCUT2D eigenvalue weighted by Crippen LogP contribution is 2.47. The number of aromatic nitrogens is 2. The molecule has 1 unspecified atom stereocenters. The van der Waals surface area contributed by atoms with Gasteiger partial charge in [-0.05, 0) is 37.1 Å². The van der Waals surface area contributed by atoms with Crippen molar-refractivity contribution in [2.75, 3.05) is 19.1 Å². The number of ether oxygens (including phenoxy) is 2. The van der Waals surface area contributed by atoms with Gasteiger partial charge >= 0.3 is 0 Å². The Morgan fingerprint density at radius 1 is 1.18 bits per heavy atom. The van der Waals surface area contributed by atoms with Crippen LogP contribution in [-0.2, 0) is 6.42 Å². The third kappa shape index (κ3) is 3.26. The molecule has 0 fully saturated rings. The van der Waals surface area contributed by atoms with E-state index in [0.717, 1.165) is 10.6 Å². The van der Waals surface area contributed by atoms with E-state index in [1.54, 1.807) is 37.3 Å². The number of rotatable bonds is 5. The van der Waals surface area contributed by atoms with Crippen molar-refractivity contribution in [2.45, 2.75) is 26.3 Å². The standard InChI is InChI=1S/C24H20ClN3O5S/c1-5-17-26-27-24(34-17)28-19(12-7-6-8-15(31-3)21(12)32-4)18-20(29)13-10-14(25)11(2)9-16(13)33-22(18)23(28)30/h6-10,19H,5H2,1-4H3. The lowest BCUT2D eigenvalue weighted by atomic mass is 9.97. The number of aryl methyl sites for hydroxylation is 2. The molecular weight excluding hydrogens is 478 g/mol. The molecule has 1 atom stereocenters. The van der Waals surface area contributed by atoms with Crippen molar-refractivity contribution in [3.05, 3.63) is 73.0 Å². The predicted octanol–water partition coefficient (Wildman–Crippen LogP) is 4.94. The molecule has 174 valence electrons. The maximum Gasteiger partial charge on any atom is 0.297 e. The first-order valence-corrected chi connectivity index (χ1v) is 11.7. The summed E-state index contributed by atoms with van der Waals surface area (Å²) in [6.45, 7) is 3.76. The number of benzene rings is 2. The molecule has 1 aliphatic heterocycles. The first kappa shape index (κ1) is 22.4. The number of halogens is 1. The normalized spacial score (nSPS) is 15.1. The van der Waals surface area contributed by atoms with Crippen molar-refractivity contribution < 1.29 is 18.7 Å². The maximum atomic E-state index is 13.8. The molecule has 5 rings (SSSR count). The quantitative estimate of drug-likeness (QED) is 0.385. The molecule has 3 heterocycles. The number of hydrogen-bond donors (Lipinski definition) is 0. The summed E-state index contributed by atoms with van der Waals surface area (Å²) in [6, 6.07) is 7.69. The third-order valence-electron chi connectivity index (χ3n) is 5.84. The monoisotopic (exact) mass is 497 g/mol. The summed E-state index contributed by atoms with van der Waals surface area (Å²) in [6.07, 6.45) is 0.665. The Morgan fingerprint density at radius 2 is 1.97 bits per heavy atom. The minimum absolute atomic E-state index is 0.0395. The van der Waals surface area contributed by atoms with E-state index >= 15 is 0 Å². The molecule has 0 saturated carbocycles. The number of carbonyl (C=O) groups is 1. The fraction of sp³-hybridized carbons (Fsp3) is 0.250. The largest absolute Gasteiger partial charge is 0.493 e. The second-order valence-corrected chi connectivity index (χ2v) is 9.21. The van der Waals surface area contributed by atoms with Crippen LogP contribution in [0.25, 0.3) is 11.0 Å². The fourth-order valence-electron chi connectivity index (χ4n) is 4.20. The zero-order valence-electron chi connectivity index (χ0n) is 18.8. The van der Waals surface area contributed by atoms with Gasteiger partial charge in [0.25, 0.3) is 5.91 Å². The fourth-order valence-corrected chi connectivity index (χ4v) is 5.17. The summed E-state index contributed by atoms with van der Waals surface area (Å²) in [7, 11) is 3.03. The summed E-state index contributed by atoms with van der Waals surface area (Å²) in [5.74, 6) is 0.358. The highest BCUT2D eigenvalue weighted by atomic mass is 35.5. The van der Waals surface area contributed by atoms with E-state index < -0.39 is 11.9 Å². The zero-order chi connectivity index (χ0) is 24.1. The van der Waals surface area contributed by atoms with Gasteiger partial charge in [0.05, 0.1) is 25.2 Å². The van der Waals surface area contributed by atoms with Gasteiger partial charge in [0.1, 0.15) is 16.6 Å². The predicted molar refractivity (Wildman–Crippen MR) is 130 cm³/mol. The van der Waals surface area contributed by atoms with Gasteiger partial charge in [0, 0.05) is 10.6 Å². The van der Waals surface area contributed by atoms with E-state index in [1.165, 1.54) is 30.5 Å². The molecule has 2 aromatic carbocycles. The molecule has 0 radical (unpaired) electrons.